The number of anilines is 4. The molecule has 0 bridgehead atoms. The molecule has 10 rings (SSSR count). The summed E-state index contributed by atoms with van der Waals surface area (Å²) in [6, 6.07) is 48.6. The Labute approximate surface area is 357 Å². The Morgan fingerprint density at radius 2 is 1.22 bits per heavy atom. The van der Waals surface area contributed by atoms with Crippen LogP contribution in [0.3, 0.4) is 0 Å². The maximum Gasteiger partial charge on any atom is 0.137 e. The number of aromatic nitrogens is 2. The summed E-state index contributed by atoms with van der Waals surface area (Å²) in [6.07, 6.45) is 1.95. The van der Waals surface area contributed by atoms with Gasteiger partial charge in [-0.25, -0.2) is 4.98 Å². The van der Waals surface area contributed by atoms with Gasteiger partial charge in [0.2, 0.25) is 0 Å². The van der Waals surface area contributed by atoms with Gasteiger partial charge in [-0.2, -0.15) is 0 Å². The minimum absolute atomic E-state index is 0.0239. The van der Waals surface area contributed by atoms with Gasteiger partial charge in [-0.15, -0.1) is 11.3 Å². The zero-order valence-corrected chi connectivity index (χ0v) is 36.9. The molecular weight excluding hydrogens is 753 g/mol. The van der Waals surface area contributed by atoms with Crippen molar-refractivity contribution in [2.45, 2.75) is 78.6 Å². The third-order valence-corrected chi connectivity index (χ3v) is 13.3. The molecule has 6 aromatic carbocycles. The third kappa shape index (κ3) is 6.49. The monoisotopic (exact) mass is 804 g/mol. The zero-order chi connectivity index (χ0) is 41.7. The van der Waals surface area contributed by atoms with Crippen molar-refractivity contribution in [1.29, 1.82) is 0 Å². The standard InChI is InChI=1S/C54H52N4OS/c1-52(2,3)35-25-26-55-48(30-35)58-46-32-41(22-23-43(46)51-50(58)49-42-18-11-10-15-34(42)21-24-47(49)60-51)59-40-17-14-16-38(31-40)56-33-57(45-20-13-12-19-44(45)56)39-28-36(53(4,5)6)27-37(29-39)54(7,8)9/h10-32H,33H2,1-9H3. The van der Waals surface area contributed by atoms with E-state index in [0.717, 1.165) is 28.5 Å². The first kappa shape index (κ1) is 38.1. The highest BCUT2D eigenvalue weighted by Gasteiger charge is 2.31. The molecule has 0 saturated heterocycles. The summed E-state index contributed by atoms with van der Waals surface area (Å²) in [4.78, 5) is 9.88. The van der Waals surface area contributed by atoms with Crippen LogP contribution in [-0.2, 0) is 16.2 Å². The molecule has 0 N–H and O–H groups in total. The molecule has 0 fully saturated rings. The summed E-state index contributed by atoms with van der Waals surface area (Å²) in [5.74, 6) is 2.48. The molecule has 0 radical (unpaired) electrons. The lowest BCUT2D eigenvalue weighted by Gasteiger charge is -2.29. The Hall–Kier alpha value is -6.11. The largest absolute Gasteiger partial charge is 0.457 e. The van der Waals surface area contributed by atoms with Crippen LogP contribution >= 0.6 is 11.3 Å². The van der Waals surface area contributed by atoms with Gasteiger partial charge in [0, 0.05) is 45.2 Å². The first-order valence-electron chi connectivity index (χ1n) is 21.1. The number of hydrogen-bond donors (Lipinski definition) is 0. The molecule has 60 heavy (non-hydrogen) atoms. The van der Waals surface area contributed by atoms with Crippen LogP contribution < -0.4 is 14.5 Å². The van der Waals surface area contributed by atoms with Crippen LogP contribution in [0.15, 0.2) is 140 Å². The Balaban J connectivity index is 1.06. The normalized spacial score (nSPS) is 13.6. The van der Waals surface area contributed by atoms with Crippen molar-refractivity contribution in [3.05, 3.63) is 156 Å². The highest BCUT2D eigenvalue weighted by molar-refractivity contribution is 7.27. The number of benzene rings is 6. The van der Waals surface area contributed by atoms with Crippen LogP contribution in [0.25, 0.3) is 47.8 Å². The van der Waals surface area contributed by atoms with Gasteiger partial charge in [0.05, 0.1) is 27.1 Å². The van der Waals surface area contributed by atoms with Gasteiger partial charge in [-0.05, 0) is 110 Å². The second-order valence-electron chi connectivity index (χ2n) is 19.5. The summed E-state index contributed by atoms with van der Waals surface area (Å²) in [5, 5.41) is 4.95. The van der Waals surface area contributed by atoms with E-state index < -0.39 is 0 Å². The predicted octanol–water partition coefficient (Wildman–Crippen LogP) is 15.5. The number of para-hydroxylation sites is 2. The van der Waals surface area contributed by atoms with Crippen molar-refractivity contribution < 1.29 is 4.74 Å². The maximum atomic E-state index is 6.82. The highest BCUT2D eigenvalue weighted by Crippen LogP contribution is 2.48. The van der Waals surface area contributed by atoms with E-state index in [4.69, 9.17) is 9.72 Å². The molecule has 4 heterocycles. The van der Waals surface area contributed by atoms with E-state index in [-0.39, 0.29) is 16.2 Å². The second-order valence-corrected chi connectivity index (χ2v) is 20.5. The number of rotatable bonds is 5. The predicted molar refractivity (Wildman–Crippen MR) is 256 cm³/mol. The maximum absolute atomic E-state index is 6.82. The molecule has 1 aliphatic heterocycles. The van der Waals surface area contributed by atoms with E-state index in [0.29, 0.717) is 6.67 Å². The minimum atomic E-state index is -0.0266. The van der Waals surface area contributed by atoms with Crippen molar-refractivity contribution in [2.75, 3.05) is 16.5 Å². The average Bonchev–Trinajstić information content (AvgIpc) is 3.89. The Morgan fingerprint density at radius 3 is 1.93 bits per heavy atom. The molecule has 0 atom stereocenters. The van der Waals surface area contributed by atoms with Gasteiger partial charge in [-0.1, -0.05) is 117 Å². The van der Waals surface area contributed by atoms with Crippen molar-refractivity contribution in [2.24, 2.45) is 0 Å². The molecule has 0 aliphatic carbocycles. The smallest absolute Gasteiger partial charge is 0.137 e. The first-order valence-corrected chi connectivity index (χ1v) is 21.9. The van der Waals surface area contributed by atoms with Gasteiger partial charge >= 0.3 is 0 Å². The molecule has 5 nitrogen and oxygen atoms in total. The lowest BCUT2D eigenvalue weighted by molar-refractivity contribution is 0.483. The van der Waals surface area contributed by atoms with Crippen molar-refractivity contribution in [3.63, 3.8) is 0 Å². The van der Waals surface area contributed by atoms with Crippen molar-refractivity contribution >= 4 is 76.1 Å². The van der Waals surface area contributed by atoms with Crippen LogP contribution in [0.4, 0.5) is 22.7 Å². The molecule has 1 aliphatic rings. The molecule has 0 spiro atoms. The molecule has 300 valence electrons. The van der Waals surface area contributed by atoms with Gasteiger partial charge < -0.3 is 14.5 Å². The topological polar surface area (TPSA) is 33.5 Å². The van der Waals surface area contributed by atoms with E-state index in [1.54, 1.807) is 0 Å². The first-order chi connectivity index (χ1) is 28.6. The number of ether oxygens (including phenoxy) is 1. The van der Waals surface area contributed by atoms with Gasteiger partial charge in [-0.3, -0.25) is 4.57 Å². The van der Waals surface area contributed by atoms with Crippen LogP contribution in [-0.4, -0.2) is 16.2 Å². The summed E-state index contributed by atoms with van der Waals surface area (Å²) >= 11 is 1.85. The van der Waals surface area contributed by atoms with E-state index in [2.05, 4.69) is 210 Å². The minimum Gasteiger partial charge on any atom is -0.457 e. The molecule has 3 aromatic heterocycles. The van der Waals surface area contributed by atoms with E-state index in [1.165, 1.54) is 70.2 Å². The number of nitrogens with zero attached hydrogens (tertiary/aromatic N) is 4. The van der Waals surface area contributed by atoms with Crippen molar-refractivity contribution in [3.8, 4) is 17.3 Å². The zero-order valence-electron chi connectivity index (χ0n) is 36.1. The van der Waals surface area contributed by atoms with E-state index in [1.807, 2.05) is 17.5 Å². The SMILES string of the molecule is CC(C)(C)c1cc(N2CN(c3cccc(Oc4ccc5c6sc7ccc8ccccc8c7c6n(-c6cc(C(C)(C)C)ccn6)c5c4)c3)c3ccccc32)cc(C(C)(C)C)c1. The fraction of sp³-hybridized carbons (Fsp3) is 0.241. The summed E-state index contributed by atoms with van der Waals surface area (Å²) < 4.78 is 11.7. The third-order valence-electron chi connectivity index (χ3n) is 12.1. The van der Waals surface area contributed by atoms with Crippen LogP contribution in [0, 0.1) is 0 Å². The molecule has 0 amide bonds. The molecule has 0 saturated carbocycles. The van der Waals surface area contributed by atoms with Gasteiger partial charge in [0.1, 0.15) is 24.0 Å². The van der Waals surface area contributed by atoms with Crippen LogP contribution in [0.2, 0.25) is 0 Å². The van der Waals surface area contributed by atoms with E-state index in [9.17, 15) is 0 Å². The van der Waals surface area contributed by atoms with E-state index >= 15 is 0 Å². The van der Waals surface area contributed by atoms with Crippen molar-refractivity contribution in [1.82, 2.24) is 9.55 Å². The number of thiophene rings is 1. The van der Waals surface area contributed by atoms with Gasteiger partial charge in [0.25, 0.3) is 0 Å². The average molecular weight is 805 g/mol. The molecule has 9 aromatic rings. The van der Waals surface area contributed by atoms with Gasteiger partial charge in [0.15, 0.2) is 0 Å². The van der Waals surface area contributed by atoms with Crippen LogP contribution in [0.1, 0.15) is 79.0 Å². The summed E-state index contributed by atoms with van der Waals surface area (Å²) in [6.45, 7) is 21.3. The second kappa shape index (κ2) is 13.7. The number of pyridine rings is 1. The fourth-order valence-electron chi connectivity index (χ4n) is 8.71. The quantitative estimate of drug-likeness (QED) is 0.173. The highest BCUT2D eigenvalue weighted by atomic mass is 32.1. The Bertz CT molecular complexity index is 3100. The molecule has 6 heteroatoms. The van der Waals surface area contributed by atoms with Crippen LogP contribution in [0.5, 0.6) is 11.5 Å². The number of hydrogen-bond acceptors (Lipinski definition) is 5. The molecule has 0 unspecified atom stereocenters. The summed E-state index contributed by atoms with van der Waals surface area (Å²) in [7, 11) is 0. The summed E-state index contributed by atoms with van der Waals surface area (Å²) in [5.41, 5.74) is 10.9. The Morgan fingerprint density at radius 1 is 0.550 bits per heavy atom. The fourth-order valence-corrected chi connectivity index (χ4v) is 9.94. The lowest BCUT2D eigenvalue weighted by Crippen LogP contribution is -2.25. The number of fused-ring (bicyclic) bond motifs is 8. The lowest BCUT2D eigenvalue weighted by atomic mass is 9.80. The Kier molecular flexibility index (Phi) is 8.71. The molecular formula is C54H52N4OS.